The first-order valence-corrected chi connectivity index (χ1v) is 6.61. The molecule has 2 N–H and O–H groups in total. The van der Waals surface area contributed by atoms with Crippen LogP contribution in [0.4, 0.5) is 0 Å². The Kier molecular flexibility index (Phi) is 3.84. The minimum atomic E-state index is 0.394. The van der Waals surface area contributed by atoms with Gasteiger partial charge in [0.2, 0.25) is 0 Å². The van der Waals surface area contributed by atoms with E-state index in [-0.39, 0.29) is 0 Å². The minimum Gasteiger partial charge on any atom is -0.330 e. The second-order valence-electron chi connectivity index (χ2n) is 5.37. The number of likely N-dealkylation sites (tertiary alicyclic amines) is 1. The fourth-order valence-corrected chi connectivity index (χ4v) is 2.58. The molecule has 2 rings (SSSR count). The standard InChI is InChI=1S/C13H24N4/c1-10(2)16-7-5-12(9-16)17-13(4-6-15-17)11(3)8-14/h4,6,10-12H,5,7-9,14H2,1-3H3. The Morgan fingerprint density at radius 1 is 1.47 bits per heavy atom. The van der Waals surface area contributed by atoms with Crippen molar-refractivity contribution in [2.45, 2.75) is 45.2 Å². The molecule has 2 unspecified atom stereocenters. The molecule has 17 heavy (non-hydrogen) atoms. The van der Waals surface area contributed by atoms with Gasteiger partial charge in [0.1, 0.15) is 0 Å². The van der Waals surface area contributed by atoms with Gasteiger partial charge >= 0.3 is 0 Å². The molecule has 4 heteroatoms. The summed E-state index contributed by atoms with van der Waals surface area (Å²) in [7, 11) is 0. The van der Waals surface area contributed by atoms with Crippen LogP contribution in [0.1, 0.15) is 44.8 Å². The fraction of sp³-hybridized carbons (Fsp3) is 0.769. The molecule has 1 aromatic heterocycles. The maximum atomic E-state index is 5.75. The third-order valence-electron chi connectivity index (χ3n) is 3.83. The van der Waals surface area contributed by atoms with Gasteiger partial charge in [-0.15, -0.1) is 0 Å². The summed E-state index contributed by atoms with van der Waals surface area (Å²) >= 11 is 0. The molecule has 4 nitrogen and oxygen atoms in total. The van der Waals surface area contributed by atoms with Crippen LogP contribution in [0.5, 0.6) is 0 Å². The highest BCUT2D eigenvalue weighted by molar-refractivity contribution is 5.09. The zero-order valence-electron chi connectivity index (χ0n) is 11.1. The average Bonchev–Trinajstić information content (AvgIpc) is 2.95. The summed E-state index contributed by atoms with van der Waals surface area (Å²) in [6.45, 7) is 9.67. The summed E-state index contributed by atoms with van der Waals surface area (Å²) in [6.07, 6.45) is 3.10. The van der Waals surface area contributed by atoms with E-state index < -0.39 is 0 Å². The summed E-state index contributed by atoms with van der Waals surface area (Å²) in [5.41, 5.74) is 7.04. The van der Waals surface area contributed by atoms with Crippen molar-refractivity contribution in [3.63, 3.8) is 0 Å². The highest BCUT2D eigenvalue weighted by Gasteiger charge is 2.27. The molecule has 1 fully saturated rings. The summed E-state index contributed by atoms with van der Waals surface area (Å²) < 4.78 is 2.19. The number of nitrogens with two attached hydrogens (primary N) is 1. The Morgan fingerprint density at radius 3 is 2.82 bits per heavy atom. The highest BCUT2D eigenvalue weighted by Crippen LogP contribution is 2.26. The predicted molar refractivity (Wildman–Crippen MR) is 70.1 cm³/mol. The van der Waals surface area contributed by atoms with Crippen LogP contribution in [0.15, 0.2) is 12.3 Å². The molecule has 96 valence electrons. The largest absolute Gasteiger partial charge is 0.330 e. The quantitative estimate of drug-likeness (QED) is 0.864. The Balaban J connectivity index is 2.11. The van der Waals surface area contributed by atoms with Gasteiger partial charge in [0.25, 0.3) is 0 Å². The molecule has 0 aliphatic carbocycles. The van der Waals surface area contributed by atoms with Gasteiger partial charge in [-0.2, -0.15) is 5.10 Å². The first kappa shape index (κ1) is 12.6. The number of rotatable bonds is 4. The van der Waals surface area contributed by atoms with Crippen LogP contribution >= 0.6 is 0 Å². The summed E-state index contributed by atoms with van der Waals surface area (Å²) in [6, 6.07) is 3.26. The van der Waals surface area contributed by atoms with Crippen LogP contribution in [0.2, 0.25) is 0 Å². The molecular formula is C13H24N4. The molecule has 0 saturated carbocycles. The Hall–Kier alpha value is -0.870. The van der Waals surface area contributed by atoms with Gasteiger partial charge in [0.05, 0.1) is 6.04 Å². The molecule has 1 aliphatic heterocycles. The smallest absolute Gasteiger partial charge is 0.0661 e. The van der Waals surface area contributed by atoms with Crippen LogP contribution in [0.3, 0.4) is 0 Å². The topological polar surface area (TPSA) is 47.1 Å². The number of nitrogens with zero attached hydrogens (tertiary/aromatic N) is 3. The number of hydrogen-bond acceptors (Lipinski definition) is 3. The van der Waals surface area contributed by atoms with E-state index in [2.05, 4.69) is 41.5 Å². The predicted octanol–water partition coefficient (Wildman–Crippen LogP) is 1.60. The molecule has 1 aromatic rings. The van der Waals surface area contributed by atoms with Crippen LogP contribution in [-0.4, -0.2) is 40.4 Å². The van der Waals surface area contributed by atoms with Gasteiger partial charge in [-0.3, -0.25) is 9.58 Å². The summed E-state index contributed by atoms with van der Waals surface area (Å²) in [5.74, 6) is 0.394. The lowest BCUT2D eigenvalue weighted by atomic mass is 10.1. The molecule has 1 saturated heterocycles. The van der Waals surface area contributed by atoms with Gasteiger partial charge in [-0.05, 0) is 26.3 Å². The lowest BCUT2D eigenvalue weighted by Gasteiger charge is -2.21. The van der Waals surface area contributed by atoms with Crippen molar-refractivity contribution in [2.75, 3.05) is 19.6 Å². The Labute approximate surface area is 104 Å². The highest BCUT2D eigenvalue weighted by atomic mass is 15.3. The molecule has 0 aromatic carbocycles. The molecule has 2 atom stereocenters. The molecule has 0 amide bonds. The van der Waals surface area contributed by atoms with Crippen molar-refractivity contribution in [3.05, 3.63) is 18.0 Å². The van der Waals surface area contributed by atoms with Crippen molar-refractivity contribution < 1.29 is 0 Å². The van der Waals surface area contributed by atoms with E-state index in [4.69, 9.17) is 5.73 Å². The van der Waals surface area contributed by atoms with E-state index in [1.54, 1.807) is 0 Å². The molecule has 2 heterocycles. The zero-order chi connectivity index (χ0) is 12.4. The first-order valence-electron chi connectivity index (χ1n) is 6.61. The molecule has 0 bridgehead atoms. The maximum absolute atomic E-state index is 5.75. The lowest BCUT2D eigenvalue weighted by molar-refractivity contribution is 0.261. The molecule has 0 radical (unpaired) electrons. The van der Waals surface area contributed by atoms with Crippen molar-refractivity contribution in [1.29, 1.82) is 0 Å². The van der Waals surface area contributed by atoms with Gasteiger partial charge in [-0.25, -0.2) is 0 Å². The second kappa shape index (κ2) is 5.19. The van der Waals surface area contributed by atoms with Crippen molar-refractivity contribution in [3.8, 4) is 0 Å². The van der Waals surface area contributed by atoms with Crippen LogP contribution < -0.4 is 5.73 Å². The van der Waals surface area contributed by atoms with Crippen molar-refractivity contribution in [1.82, 2.24) is 14.7 Å². The third kappa shape index (κ3) is 2.53. The lowest BCUT2D eigenvalue weighted by Crippen LogP contribution is -2.29. The maximum Gasteiger partial charge on any atom is 0.0661 e. The van der Waals surface area contributed by atoms with E-state index in [9.17, 15) is 0 Å². The average molecular weight is 236 g/mol. The van der Waals surface area contributed by atoms with E-state index >= 15 is 0 Å². The summed E-state index contributed by atoms with van der Waals surface area (Å²) in [5, 5.41) is 4.50. The van der Waals surface area contributed by atoms with Crippen LogP contribution in [-0.2, 0) is 0 Å². The van der Waals surface area contributed by atoms with E-state index in [0.717, 1.165) is 6.54 Å². The minimum absolute atomic E-state index is 0.394. The van der Waals surface area contributed by atoms with E-state index in [1.165, 1.54) is 18.7 Å². The fourth-order valence-electron chi connectivity index (χ4n) is 2.58. The SMILES string of the molecule is CC(CN)c1ccnn1C1CCN(C(C)C)C1. The first-order chi connectivity index (χ1) is 8.13. The Morgan fingerprint density at radius 2 is 2.24 bits per heavy atom. The van der Waals surface area contributed by atoms with Crippen molar-refractivity contribution in [2.24, 2.45) is 5.73 Å². The zero-order valence-corrected chi connectivity index (χ0v) is 11.1. The molecular weight excluding hydrogens is 212 g/mol. The number of hydrogen-bond donors (Lipinski definition) is 1. The molecule has 0 spiro atoms. The van der Waals surface area contributed by atoms with Gasteiger partial charge in [0.15, 0.2) is 0 Å². The second-order valence-corrected chi connectivity index (χ2v) is 5.37. The third-order valence-corrected chi connectivity index (χ3v) is 3.83. The van der Waals surface area contributed by atoms with Crippen molar-refractivity contribution >= 4 is 0 Å². The summed E-state index contributed by atoms with van der Waals surface area (Å²) in [4.78, 5) is 2.52. The normalized spacial score (nSPS) is 23.5. The van der Waals surface area contributed by atoms with E-state index in [0.29, 0.717) is 24.5 Å². The Bertz CT molecular complexity index is 358. The van der Waals surface area contributed by atoms with E-state index in [1.807, 2.05) is 6.20 Å². The molecule has 1 aliphatic rings. The van der Waals surface area contributed by atoms with Crippen LogP contribution in [0.25, 0.3) is 0 Å². The monoisotopic (exact) mass is 236 g/mol. The van der Waals surface area contributed by atoms with Gasteiger partial charge < -0.3 is 5.73 Å². The van der Waals surface area contributed by atoms with Gasteiger partial charge in [0, 0.05) is 43.5 Å². The number of aromatic nitrogens is 2. The van der Waals surface area contributed by atoms with Crippen LogP contribution in [0, 0.1) is 0 Å². The van der Waals surface area contributed by atoms with Gasteiger partial charge in [-0.1, -0.05) is 6.92 Å².